The standard InChI is InChI=1S/C19H18N2OS2/c1-13-8-9-14(2)16(10-13)20-12-21-18(22)17(24-19(21)23)11-15-6-4-3-5-7-15/h3-11,20H,12H2,1-2H3. The molecule has 0 radical (unpaired) electrons. The van der Waals surface area contributed by atoms with E-state index in [0.717, 1.165) is 16.8 Å². The van der Waals surface area contributed by atoms with Crippen molar-refractivity contribution < 1.29 is 4.79 Å². The molecular formula is C19H18N2OS2. The average Bonchev–Trinajstić information content (AvgIpc) is 2.83. The first-order valence-electron chi connectivity index (χ1n) is 7.66. The zero-order valence-electron chi connectivity index (χ0n) is 13.6. The molecule has 1 aliphatic rings. The van der Waals surface area contributed by atoms with Crippen LogP contribution in [0.15, 0.2) is 53.4 Å². The molecule has 5 heteroatoms. The van der Waals surface area contributed by atoms with Crippen molar-refractivity contribution in [3.63, 3.8) is 0 Å². The summed E-state index contributed by atoms with van der Waals surface area (Å²) in [7, 11) is 0. The minimum absolute atomic E-state index is 0.0494. The van der Waals surface area contributed by atoms with Crippen molar-refractivity contribution in [3.05, 3.63) is 70.1 Å². The van der Waals surface area contributed by atoms with Crippen LogP contribution in [-0.4, -0.2) is 21.8 Å². The van der Waals surface area contributed by atoms with E-state index in [4.69, 9.17) is 12.2 Å². The third-order valence-electron chi connectivity index (χ3n) is 3.79. The van der Waals surface area contributed by atoms with Gasteiger partial charge in [-0.25, -0.2) is 0 Å². The maximum atomic E-state index is 12.6. The van der Waals surface area contributed by atoms with Gasteiger partial charge in [0, 0.05) is 5.69 Å². The smallest absolute Gasteiger partial charge is 0.267 e. The van der Waals surface area contributed by atoms with Crippen molar-refractivity contribution in [2.45, 2.75) is 13.8 Å². The summed E-state index contributed by atoms with van der Waals surface area (Å²) in [5.41, 5.74) is 4.35. The number of anilines is 1. The van der Waals surface area contributed by atoms with E-state index < -0.39 is 0 Å². The van der Waals surface area contributed by atoms with E-state index in [0.29, 0.717) is 15.9 Å². The maximum Gasteiger partial charge on any atom is 0.267 e. The molecule has 1 saturated heterocycles. The topological polar surface area (TPSA) is 32.3 Å². The summed E-state index contributed by atoms with van der Waals surface area (Å²) in [6.07, 6.45) is 1.89. The summed E-state index contributed by atoms with van der Waals surface area (Å²) in [6, 6.07) is 16.0. The van der Waals surface area contributed by atoms with Crippen molar-refractivity contribution in [1.29, 1.82) is 0 Å². The van der Waals surface area contributed by atoms with Crippen LogP contribution in [-0.2, 0) is 4.79 Å². The monoisotopic (exact) mass is 354 g/mol. The Kier molecular flexibility index (Phi) is 5.02. The highest BCUT2D eigenvalue weighted by Gasteiger charge is 2.31. The highest BCUT2D eigenvalue weighted by atomic mass is 32.2. The molecule has 0 atom stereocenters. The molecular weight excluding hydrogens is 336 g/mol. The second-order valence-electron chi connectivity index (χ2n) is 5.67. The second-order valence-corrected chi connectivity index (χ2v) is 7.35. The van der Waals surface area contributed by atoms with Gasteiger partial charge in [-0.1, -0.05) is 66.4 Å². The van der Waals surface area contributed by atoms with Gasteiger partial charge in [0.2, 0.25) is 0 Å². The van der Waals surface area contributed by atoms with Gasteiger partial charge >= 0.3 is 0 Å². The lowest BCUT2D eigenvalue weighted by molar-refractivity contribution is -0.121. The van der Waals surface area contributed by atoms with Gasteiger partial charge in [0.05, 0.1) is 11.6 Å². The molecule has 3 rings (SSSR count). The molecule has 0 bridgehead atoms. The van der Waals surface area contributed by atoms with Gasteiger partial charge in [-0.05, 0) is 42.7 Å². The lowest BCUT2D eigenvalue weighted by atomic mass is 10.1. The van der Waals surface area contributed by atoms with Crippen LogP contribution in [0.3, 0.4) is 0 Å². The summed E-state index contributed by atoms with van der Waals surface area (Å²) in [5, 5.41) is 3.32. The van der Waals surface area contributed by atoms with Crippen LogP contribution >= 0.6 is 24.0 Å². The Labute approximate surface area is 151 Å². The summed E-state index contributed by atoms with van der Waals surface area (Å²) >= 11 is 6.72. The van der Waals surface area contributed by atoms with Crippen molar-refractivity contribution in [2.24, 2.45) is 0 Å². The van der Waals surface area contributed by atoms with E-state index in [1.54, 1.807) is 4.90 Å². The van der Waals surface area contributed by atoms with Crippen LogP contribution in [0.5, 0.6) is 0 Å². The van der Waals surface area contributed by atoms with Crippen LogP contribution in [0.2, 0.25) is 0 Å². The zero-order chi connectivity index (χ0) is 17.1. The van der Waals surface area contributed by atoms with E-state index in [1.807, 2.05) is 50.3 Å². The molecule has 0 unspecified atom stereocenters. The van der Waals surface area contributed by atoms with E-state index in [1.165, 1.54) is 17.3 Å². The number of rotatable bonds is 4. The predicted molar refractivity (Wildman–Crippen MR) is 106 cm³/mol. The van der Waals surface area contributed by atoms with Gasteiger partial charge in [-0.3, -0.25) is 9.69 Å². The van der Waals surface area contributed by atoms with Crippen LogP contribution in [0.4, 0.5) is 5.69 Å². The number of thiocarbonyl (C=S) groups is 1. The molecule has 2 aromatic carbocycles. The molecule has 24 heavy (non-hydrogen) atoms. The molecule has 122 valence electrons. The number of carbonyl (C=O) groups excluding carboxylic acids is 1. The first kappa shape index (κ1) is 16.7. The average molecular weight is 355 g/mol. The molecule has 0 aliphatic carbocycles. The number of thioether (sulfide) groups is 1. The van der Waals surface area contributed by atoms with Gasteiger partial charge in [0.15, 0.2) is 0 Å². The fourth-order valence-corrected chi connectivity index (χ4v) is 3.68. The molecule has 1 amide bonds. The van der Waals surface area contributed by atoms with Gasteiger partial charge in [0.1, 0.15) is 4.32 Å². The number of benzene rings is 2. The summed E-state index contributed by atoms with van der Waals surface area (Å²) < 4.78 is 0.583. The number of nitrogens with one attached hydrogen (secondary N) is 1. The number of hydrogen-bond donors (Lipinski definition) is 1. The third-order valence-corrected chi connectivity index (χ3v) is 5.17. The van der Waals surface area contributed by atoms with E-state index in [9.17, 15) is 4.79 Å². The Morgan fingerprint density at radius 1 is 1.17 bits per heavy atom. The predicted octanol–water partition coefficient (Wildman–Crippen LogP) is 4.57. The second kappa shape index (κ2) is 7.20. The summed E-state index contributed by atoms with van der Waals surface area (Å²) in [4.78, 5) is 14.9. The third kappa shape index (κ3) is 3.68. The number of nitrogens with zero attached hydrogens (tertiary/aromatic N) is 1. The molecule has 1 aliphatic heterocycles. The van der Waals surface area contributed by atoms with Crippen LogP contribution in [0, 0.1) is 13.8 Å². The first-order valence-corrected chi connectivity index (χ1v) is 8.88. The minimum atomic E-state index is -0.0494. The van der Waals surface area contributed by atoms with Crippen molar-refractivity contribution >= 4 is 46.0 Å². The highest BCUT2D eigenvalue weighted by molar-refractivity contribution is 8.26. The number of hydrogen-bond acceptors (Lipinski definition) is 4. The normalized spacial score (nSPS) is 16.1. The first-order chi connectivity index (χ1) is 11.5. The van der Waals surface area contributed by atoms with Gasteiger partial charge in [-0.2, -0.15) is 0 Å². The Bertz CT molecular complexity index is 815. The molecule has 0 spiro atoms. The Morgan fingerprint density at radius 2 is 1.92 bits per heavy atom. The lowest BCUT2D eigenvalue weighted by Crippen LogP contribution is -2.33. The molecule has 1 fully saturated rings. The van der Waals surface area contributed by atoms with Gasteiger partial charge < -0.3 is 5.32 Å². The Hall–Kier alpha value is -2.11. The van der Waals surface area contributed by atoms with Crippen LogP contribution < -0.4 is 5.32 Å². The molecule has 1 heterocycles. The Balaban J connectivity index is 1.73. The molecule has 2 aromatic rings. The number of aryl methyl sites for hydroxylation is 2. The SMILES string of the molecule is Cc1ccc(C)c(NCN2C(=O)C(=Cc3ccccc3)SC2=S)c1. The van der Waals surface area contributed by atoms with Gasteiger partial charge in [-0.15, -0.1) is 0 Å². The van der Waals surface area contributed by atoms with Crippen LogP contribution in [0.25, 0.3) is 6.08 Å². The van der Waals surface area contributed by atoms with Crippen LogP contribution in [0.1, 0.15) is 16.7 Å². The fraction of sp³-hybridized carbons (Fsp3) is 0.158. The molecule has 0 aromatic heterocycles. The molecule has 0 saturated carbocycles. The largest absolute Gasteiger partial charge is 0.367 e. The zero-order valence-corrected chi connectivity index (χ0v) is 15.2. The van der Waals surface area contributed by atoms with Crippen molar-refractivity contribution in [1.82, 2.24) is 4.90 Å². The van der Waals surface area contributed by atoms with E-state index >= 15 is 0 Å². The highest BCUT2D eigenvalue weighted by Crippen LogP contribution is 2.32. The fourth-order valence-electron chi connectivity index (χ4n) is 2.43. The van der Waals surface area contributed by atoms with E-state index in [-0.39, 0.29) is 5.91 Å². The summed E-state index contributed by atoms with van der Waals surface area (Å²) in [5.74, 6) is -0.0494. The van der Waals surface area contributed by atoms with Gasteiger partial charge in [0.25, 0.3) is 5.91 Å². The number of amides is 1. The number of carbonyl (C=O) groups is 1. The Morgan fingerprint density at radius 3 is 2.67 bits per heavy atom. The van der Waals surface area contributed by atoms with E-state index in [2.05, 4.69) is 23.5 Å². The van der Waals surface area contributed by atoms with Crippen molar-refractivity contribution in [3.8, 4) is 0 Å². The van der Waals surface area contributed by atoms with Crippen molar-refractivity contribution in [2.75, 3.05) is 12.0 Å². The molecule has 3 nitrogen and oxygen atoms in total. The summed E-state index contributed by atoms with van der Waals surface area (Å²) in [6.45, 7) is 4.47. The minimum Gasteiger partial charge on any atom is -0.367 e. The molecule has 1 N–H and O–H groups in total. The lowest BCUT2D eigenvalue weighted by Gasteiger charge is -2.17. The quantitative estimate of drug-likeness (QED) is 0.644. The maximum absolute atomic E-state index is 12.6.